The number of hydrogen-bond donors (Lipinski definition) is 1. The van der Waals surface area contributed by atoms with Crippen LogP contribution >= 0.6 is 0 Å². The fraction of sp³-hybridized carbons (Fsp3) is 0.200. The van der Waals surface area contributed by atoms with Crippen LogP contribution in [0.3, 0.4) is 0 Å². The summed E-state index contributed by atoms with van der Waals surface area (Å²) < 4.78 is 35.3. The molecule has 0 aliphatic heterocycles. The maximum atomic E-state index is 11.8. The minimum atomic E-state index is -4.61. The van der Waals surface area contributed by atoms with Crippen molar-refractivity contribution in [1.82, 2.24) is 9.97 Å². The average Bonchev–Trinajstić information content (AvgIpc) is 2.30. The molecule has 8 heteroatoms. The summed E-state index contributed by atoms with van der Waals surface area (Å²) in [5, 5.41) is 9.97. The van der Waals surface area contributed by atoms with E-state index in [1.54, 1.807) is 4.98 Å². The molecule has 1 heterocycles. The summed E-state index contributed by atoms with van der Waals surface area (Å²) in [6.45, 7) is 0. The van der Waals surface area contributed by atoms with Gasteiger partial charge in [-0.05, 0) is 0 Å². The molecule has 0 saturated heterocycles. The Morgan fingerprint density at radius 2 is 2.08 bits per heavy atom. The van der Waals surface area contributed by atoms with Crippen molar-refractivity contribution in [3.63, 3.8) is 0 Å². The van der Waals surface area contributed by atoms with Crippen molar-refractivity contribution in [3.05, 3.63) is 17.7 Å². The van der Waals surface area contributed by atoms with E-state index in [-0.39, 0.29) is 29.6 Å². The first-order valence-electron chi connectivity index (χ1n) is 2.75. The third-order valence-electron chi connectivity index (χ3n) is 1.07. The topological polar surface area (TPSA) is 68.8 Å². The predicted molar refractivity (Wildman–Crippen MR) is 27.9 cm³/mol. The van der Waals surface area contributed by atoms with Crippen molar-refractivity contribution >= 4 is 5.97 Å². The number of carbonyl (C=O) groups is 1. The van der Waals surface area contributed by atoms with Gasteiger partial charge < -0.3 is 14.9 Å². The van der Waals surface area contributed by atoms with Crippen LogP contribution in [-0.4, -0.2) is 15.9 Å². The first kappa shape index (κ1) is 12.5. The molecular weight excluding hydrogens is 200 g/mol. The zero-order valence-corrected chi connectivity index (χ0v) is 8.47. The van der Waals surface area contributed by atoms with Gasteiger partial charge in [-0.25, -0.2) is 4.98 Å². The third-order valence-corrected chi connectivity index (χ3v) is 1.07. The molecule has 1 aromatic rings. The molecule has 0 amide bonds. The number of nitrogens with zero attached hydrogens (tertiary/aromatic N) is 1. The normalized spacial score (nSPS) is 10.7. The molecule has 0 aliphatic carbocycles. The zero-order chi connectivity index (χ0) is 9.35. The Morgan fingerprint density at radius 1 is 1.54 bits per heavy atom. The molecule has 1 N–H and O–H groups in total. The quantitative estimate of drug-likeness (QED) is 0.487. The molecule has 0 bridgehead atoms. The summed E-state index contributed by atoms with van der Waals surface area (Å²) in [6.07, 6.45) is -4.22. The first-order valence-corrected chi connectivity index (χ1v) is 2.75. The van der Waals surface area contributed by atoms with Gasteiger partial charge in [-0.1, -0.05) is 0 Å². The number of aromatic nitrogens is 2. The number of halogens is 3. The van der Waals surface area contributed by atoms with Crippen molar-refractivity contribution < 1.29 is 52.6 Å². The van der Waals surface area contributed by atoms with E-state index in [0.29, 0.717) is 6.20 Å². The number of hydrogen-bond acceptors (Lipinski definition) is 3. The summed E-state index contributed by atoms with van der Waals surface area (Å²) in [7, 11) is 0. The molecule has 0 fully saturated rings. The van der Waals surface area contributed by atoms with Gasteiger partial charge in [0.25, 0.3) is 0 Å². The zero-order valence-electron chi connectivity index (χ0n) is 6.47. The van der Waals surface area contributed by atoms with E-state index in [9.17, 15) is 23.1 Å². The second-order valence-electron chi connectivity index (χ2n) is 1.93. The van der Waals surface area contributed by atoms with E-state index in [1.807, 2.05) is 0 Å². The Labute approximate surface area is 92.5 Å². The largest absolute Gasteiger partial charge is 1.00 e. The van der Waals surface area contributed by atoms with Crippen LogP contribution in [0.2, 0.25) is 0 Å². The van der Waals surface area contributed by atoms with Gasteiger partial charge >= 0.3 is 35.7 Å². The summed E-state index contributed by atoms with van der Waals surface area (Å²) in [5.74, 6) is -2.60. The first-order chi connectivity index (χ1) is 5.41. The standard InChI is InChI=1S/C5H3F3N2O2.Na/c6-5(7,8)2-1-9-3(10-2)4(11)12;/h1H,(H,9,10)(H,11,12);/q;+1/p-1. The van der Waals surface area contributed by atoms with Gasteiger partial charge in [0, 0.05) is 0 Å². The van der Waals surface area contributed by atoms with Crippen LogP contribution in [0.15, 0.2) is 6.20 Å². The van der Waals surface area contributed by atoms with Crippen molar-refractivity contribution in [2.45, 2.75) is 6.18 Å². The Hall–Kier alpha value is -0.530. The van der Waals surface area contributed by atoms with Crippen molar-refractivity contribution in [1.29, 1.82) is 0 Å². The second kappa shape index (κ2) is 4.12. The molecule has 13 heavy (non-hydrogen) atoms. The van der Waals surface area contributed by atoms with E-state index in [2.05, 4.69) is 4.98 Å². The number of rotatable bonds is 1. The average molecular weight is 202 g/mol. The van der Waals surface area contributed by atoms with Crippen molar-refractivity contribution in [2.75, 3.05) is 0 Å². The number of aromatic carboxylic acids is 1. The van der Waals surface area contributed by atoms with E-state index in [0.717, 1.165) is 0 Å². The molecule has 0 spiro atoms. The van der Waals surface area contributed by atoms with Crippen LogP contribution in [0.1, 0.15) is 16.3 Å². The van der Waals surface area contributed by atoms with Gasteiger partial charge in [0.1, 0.15) is 11.7 Å². The monoisotopic (exact) mass is 202 g/mol. The van der Waals surface area contributed by atoms with Crippen LogP contribution in [0.4, 0.5) is 13.2 Å². The van der Waals surface area contributed by atoms with Crippen LogP contribution in [0, 0.1) is 0 Å². The van der Waals surface area contributed by atoms with Crippen LogP contribution in [-0.2, 0) is 6.18 Å². The molecule has 4 nitrogen and oxygen atoms in total. The summed E-state index contributed by atoms with van der Waals surface area (Å²) in [6, 6.07) is 0. The summed E-state index contributed by atoms with van der Waals surface area (Å²) in [5.41, 5.74) is -1.21. The molecular formula is C5H2F3N2NaO2. The minimum Gasteiger partial charge on any atom is -0.542 e. The number of imidazole rings is 1. The van der Waals surface area contributed by atoms with Gasteiger partial charge in [0.15, 0.2) is 5.82 Å². The fourth-order valence-corrected chi connectivity index (χ4v) is 0.569. The molecule has 0 aliphatic rings. The van der Waals surface area contributed by atoms with E-state index in [4.69, 9.17) is 0 Å². The van der Waals surface area contributed by atoms with E-state index >= 15 is 0 Å². The van der Waals surface area contributed by atoms with E-state index in [1.165, 1.54) is 0 Å². The maximum absolute atomic E-state index is 11.8. The number of alkyl halides is 3. The van der Waals surface area contributed by atoms with Gasteiger partial charge in [-0.3, -0.25) is 0 Å². The van der Waals surface area contributed by atoms with Gasteiger partial charge in [-0.2, -0.15) is 13.2 Å². The minimum absolute atomic E-state index is 0. The Bertz CT molecular complexity index is 309. The number of aromatic amines is 1. The number of carbonyl (C=O) groups excluding carboxylic acids is 1. The second-order valence-corrected chi connectivity index (χ2v) is 1.93. The van der Waals surface area contributed by atoms with Crippen molar-refractivity contribution in [2.24, 2.45) is 0 Å². The number of carboxylic acids is 1. The smallest absolute Gasteiger partial charge is 0.542 e. The van der Waals surface area contributed by atoms with Crippen LogP contribution in [0.25, 0.3) is 0 Å². The molecule has 1 rings (SSSR count). The molecule has 0 saturated carbocycles. The molecule has 0 radical (unpaired) electrons. The number of nitrogens with one attached hydrogen (secondary N) is 1. The molecule has 1 aromatic heterocycles. The van der Waals surface area contributed by atoms with Gasteiger partial charge in [-0.15, -0.1) is 0 Å². The summed E-state index contributed by atoms with van der Waals surface area (Å²) >= 11 is 0. The number of H-pyrrole nitrogens is 1. The molecule has 0 unspecified atom stereocenters. The van der Waals surface area contributed by atoms with Crippen LogP contribution < -0.4 is 34.7 Å². The summed E-state index contributed by atoms with van der Waals surface area (Å²) in [4.78, 5) is 14.5. The molecule has 0 aromatic carbocycles. The van der Waals surface area contributed by atoms with Gasteiger partial charge in [0.05, 0.1) is 6.20 Å². The molecule has 0 atom stereocenters. The van der Waals surface area contributed by atoms with Crippen molar-refractivity contribution in [3.8, 4) is 0 Å². The fourth-order valence-electron chi connectivity index (χ4n) is 0.569. The SMILES string of the molecule is O=C([O-])c1ncc(C(F)(F)F)[nH]1.[Na+]. The molecule has 66 valence electrons. The Balaban J connectivity index is 0.00000144. The van der Waals surface area contributed by atoms with Crippen LogP contribution in [0.5, 0.6) is 0 Å². The Morgan fingerprint density at radius 3 is 2.31 bits per heavy atom. The third kappa shape index (κ3) is 3.02. The maximum Gasteiger partial charge on any atom is 1.00 e. The number of carboxylic acid groups (broad SMARTS) is 1. The van der Waals surface area contributed by atoms with E-state index < -0.39 is 23.7 Å². The predicted octanol–water partition coefficient (Wildman–Crippen LogP) is -3.20. The van der Waals surface area contributed by atoms with Gasteiger partial charge in [0.2, 0.25) is 0 Å². The Kier molecular flexibility index (Phi) is 3.95.